The Morgan fingerprint density at radius 2 is 1.74 bits per heavy atom. The van der Waals surface area contributed by atoms with E-state index in [1.165, 1.54) is 26.0 Å². The number of nitrogens with one attached hydrogen (secondary N) is 1. The first-order valence-electron chi connectivity index (χ1n) is 5.92. The van der Waals surface area contributed by atoms with Crippen LogP contribution in [0.25, 0.3) is 0 Å². The molecule has 1 aliphatic heterocycles. The summed E-state index contributed by atoms with van der Waals surface area (Å²) < 4.78 is 10.4. The van der Waals surface area contributed by atoms with Gasteiger partial charge in [0.2, 0.25) is 0 Å². The summed E-state index contributed by atoms with van der Waals surface area (Å²) >= 11 is 0. The summed E-state index contributed by atoms with van der Waals surface area (Å²) in [6.07, 6.45) is -1.67. The molecule has 1 aliphatic rings. The van der Waals surface area contributed by atoms with Crippen molar-refractivity contribution < 1.29 is 29.3 Å². The molecular formula is C11H20N2O6. The van der Waals surface area contributed by atoms with Crippen LogP contribution in [0.2, 0.25) is 0 Å². The normalized spacial score (nSPS) is 26.0. The second kappa shape index (κ2) is 6.69. The Hall–Kier alpha value is -1.38. The Morgan fingerprint density at radius 3 is 2.05 bits per heavy atom. The van der Waals surface area contributed by atoms with Crippen LogP contribution in [0.5, 0.6) is 0 Å². The molecule has 1 saturated heterocycles. The molecule has 3 N–H and O–H groups in total. The smallest absolute Gasteiger partial charge is 0.328 e. The molecule has 0 bridgehead atoms. The van der Waals surface area contributed by atoms with Crippen molar-refractivity contribution in [1.82, 2.24) is 10.2 Å². The Kier molecular flexibility index (Phi) is 5.52. The van der Waals surface area contributed by atoms with Gasteiger partial charge in [-0.25, -0.2) is 9.59 Å². The van der Waals surface area contributed by atoms with Crippen LogP contribution in [0.1, 0.15) is 6.92 Å². The standard InChI is InChI=1S/C11H20N2O6/c1-6(14)9(10(15)16)12-11(17)13-4-7(18-2)8(5-13)19-3/h6-9,14H,4-5H2,1-3H3,(H,12,17)(H,15,16)/t6-,7?,8?,9+/m1/s1. The van der Waals surface area contributed by atoms with Crippen LogP contribution >= 0.6 is 0 Å². The highest BCUT2D eigenvalue weighted by Gasteiger charge is 2.37. The number of aliphatic hydroxyl groups is 1. The Bertz CT molecular complexity index is 323. The quantitative estimate of drug-likeness (QED) is 0.586. The van der Waals surface area contributed by atoms with Gasteiger partial charge in [0.1, 0.15) is 12.2 Å². The second-order valence-corrected chi connectivity index (χ2v) is 4.46. The number of nitrogens with zero attached hydrogens (tertiary/aromatic N) is 1. The second-order valence-electron chi connectivity index (χ2n) is 4.46. The number of hydrogen-bond acceptors (Lipinski definition) is 5. The number of rotatable bonds is 5. The zero-order valence-corrected chi connectivity index (χ0v) is 11.2. The predicted octanol–water partition coefficient (Wildman–Crippen LogP) is -1.12. The number of carbonyl (C=O) groups is 2. The van der Waals surface area contributed by atoms with Crippen molar-refractivity contribution in [2.45, 2.75) is 31.3 Å². The van der Waals surface area contributed by atoms with E-state index in [2.05, 4.69) is 5.32 Å². The lowest BCUT2D eigenvalue weighted by Crippen LogP contribution is -2.52. The zero-order valence-electron chi connectivity index (χ0n) is 11.2. The fourth-order valence-corrected chi connectivity index (χ4v) is 1.98. The lowest BCUT2D eigenvalue weighted by molar-refractivity contribution is -0.141. The number of aliphatic hydroxyl groups excluding tert-OH is 1. The van der Waals surface area contributed by atoms with E-state index < -0.39 is 24.1 Å². The average Bonchev–Trinajstić information content (AvgIpc) is 2.77. The molecule has 1 fully saturated rings. The van der Waals surface area contributed by atoms with Gasteiger partial charge in [-0.3, -0.25) is 0 Å². The first kappa shape index (κ1) is 15.7. The Morgan fingerprint density at radius 1 is 1.26 bits per heavy atom. The fraction of sp³-hybridized carbons (Fsp3) is 0.818. The molecule has 8 nitrogen and oxygen atoms in total. The largest absolute Gasteiger partial charge is 0.480 e. The molecule has 0 saturated carbocycles. The molecule has 0 aliphatic carbocycles. The van der Waals surface area contributed by atoms with Gasteiger partial charge in [0.05, 0.1) is 19.2 Å². The minimum absolute atomic E-state index is 0.245. The topological polar surface area (TPSA) is 108 Å². The van der Waals surface area contributed by atoms with Crippen molar-refractivity contribution in [1.29, 1.82) is 0 Å². The van der Waals surface area contributed by atoms with Gasteiger partial charge in [0.25, 0.3) is 0 Å². The third-order valence-electron chi connectivity index (χ3n) is 3.14. The minimum Gasteiger partial charge on any atom is -0.480 e. The first-order valence-corrected chi connectivity index (χ1v) is 5.92. The molecular weight excluding hydrogens is 256 g/mol. The lowest BCUT2D eigenvalue weighted by atomic mass is 10.2. The number of aliphatic carboxylic acids is 1. The van der Waals surface area contributed by atoms with Gasteiger partial charge in [-0.2, -0.15) is 0 Å². The molecule has 2 unspecified atom stereocenters. The summed E-state index contributed by atoms with van der Waals surface area (Å²) in [6.45, 7) is 1.93. The van der Waals surface area contributed by atoms with E-state index in [0.717, 1.165) is 0 Å². The molecule has 0 aromatic carbocycles. The van der Waals surface area contributed by atoms with Crippen molar-refractivity contribution in [2.24, 2.45) is 0 Å². The van der Waals surface area contributed by atoms with Crippen molar-refractivity contribution in [3.8, 4) is 0 Å². The maximum atomic E-state index is 11.9. The number of carbonyl (C=O) groups excluding carboxylic acids is 1. The fourth-order valence-electron chi connectivity index (χ4n) is 1.98. The van der Waals surface area contributed by atoms with E-state index in [1.807, 2.05) is 0 Å². The molecule has 19 heavy (non-hydrogen) atoms. The number of ether oxygens (including phenoxy) is 2. The van der Waals surface area contributed by atoms with Crippen molar-refractivity contribution in [3.05, 3.63) is 0 Å². The van der Waals surface area contributed by atoms with Gasteiger partial charge >= 0.3 is 12.0 Å². The summed E-state index contributed by atoms with van der Waals surface area (Å²) in [6, 6.07) is -1.90. The van der Waals surface area contributed by atoms with Crippen LogP contribution in [0, 0.1) is 0 Å². The highest BCUT2D eigenvalue weighted by Crippen LogP contribution is 2.15. The van der Waals surface area contributed by atoms with Crippen molar-refractivity contribution in [2.75, 3.05) is 27.3 Å². The lowest BCUT2D eigenvalue weighted by Gasteiger charge is -2.22. The van der Waals surface area contributed by atoms with Crippen LogP contribution in [-0.2, 0) is 14.3 Å². The number of urea groups is 1. The van der Waals surface area contributed by atoms with Gasteiger partial charge < -0.3 is 29.9 Å². The van der Waals surface area contributed by atoms with Gasteiger partial charge in [-0.1, -0.05) is 0 Å². The van der Waals surface area contributed by atoms with E-state index in [1.54, 1.807) is 0 Å². The van der Waals surface area contributed by atoms with Crippen molar-refractivity contribution in [3.63, 3.8) is 0 Å². The Labute approximate surface area is 111 Å². The third kappa shape index (κ3) is 3.79. The van der Waals surface area contributed by atoms with Crippen LogP contribution in [0.4, 0.5) is 4.79 Å². The highest BCUT2D eigenvalue weighted by atomic mass is 16.5. The van der Waals surface area contributed by atoms with E-state index in [0.29, 0.717) is 13.1 Å². The van der Waals surface area contributed by atoms with Crippen LogP contribution in [0.3, 0.4) is 0 Å². The summed E-state index contributed by atoms with van der Waals surface area (Å²) in [7, 11) is 3.04. The summed E-state index contributed by atoms with van der Waals surface area (Å²) in [4.78, 5) is 24.2. The monoisotopic (exact) mass is 276 g/mol. The number of hydrogen-bond donors (Lipinski definition) is 3. The first-order chi connectivity index (χ1) is 8.90. The maximum Gasteiger partial charge on any atom is 0.328 e. The number of amides is 2. The number of methoxy groups -OCH3 is 2. The molecule has 2 amide bonds. The molecule has 8 heteroatoms. The molecule has 110 valence electrons. The average molecular weight is 276 g/mol. The number of carboxylic acid groups (broad SMARTS) is 1. The summed E-state index contributed by atoms with van der Waals surface area (Å²) in [5.74, 6) is -1.28. The van der Waals surface area contributed by atoms with Gasteiger partial charge in [-0.05, 0) is 6.92 Å². The number of likely N-dealkylation sites (tertiary alicyclic amines) is 1. The van der Waals surface area contributed by atoms with Gasteiger partial charge in [0.15, 0.2) is 6.04 Å². The minimum atomic E-state index is -1.34. The molecule has 1 heterocycles. The maximum absolute atomic E-state index is 11.9. The number of carboxylic acids is 1. The van der Waals surface area contributed by atoms with Crippen LogP contribution < -0.4 is 5.32 Å². The van der Waals surface area contributed by atoms with Crippen molar-refractivity contribution >= 4 is 12.0 Å². The molecule has 0 aromatic rings. The van der Waals surface area contributed by atoms with E-state index in [-0.39, 0.29) is 12.2 Å². The molecule has 0 radical (unpaired) electrons. The van der Waals surface area contributed by atoms with E-state index >= 15 is 0 Å². The molecule has 4 atom stereocenters. The van der Waals surface area contributed by atoms with E-state index in [4.69, 9.17) is 14.6 Å². The van der Waals surface area contributed by atoms with Gasteiger partial charge in [-0.15, -0.1) is 0 Å². The predicted molar refractivity (Wildman–Crippen MR) is 64.8 cm³/mol. The molecule has 1 rings (SSSR count). The zero-order chi connectivity index (χ0) is 14.6. The SMILES string of the molecule is COC1CN(C(=O)N[C@H](C(=O)O)[C@@H](C)O)CC1OC. The third-order valence-corrected chi connectivity index (χ3v) is 3.14. The van der Waals surface area contributed by atoms with E-state index in [9.17, 15) is 14.7 Å². The Balaban J connectivity index is 2.62. The highest BCUT2D eigenvalue weighted by molar-refractivity contribution is 5.83. The summed E-state index contributed by atoms with van der Waals surface area (Å²) in [5, 5.41) is 20.5. The van der Waals surface area contributed by atoms with Gasteiger partial charge in [0, 0.05) is 14.2 Å². The molecule has 0 spiro atoms. The van der Waals surface area contributed by atoms with Crippen LogP contribution in [0.15, 0.2) is 0 Å². The summed E-state index contributed by atoms with van der Waals surface area (Å²) in [5.41, 5.74) is 0. The van der Waals surface area contributed by atoms with Crippen LogP contribution in [-0.4, -0.2) is 78.8 Å². The molecule has 0 aromatic heterocycles.